The highest BCUT2D eigenvalue weighted by Gasteiger charge is 2.40. The van der Waals surface area contributed by atoms with Crippen LogP contribution in [0.2, 0.25) is 0 Å². The van der Waals surface area contributed by atoms with E-state index in [0.29, 0.717) is 11.7 Å². The summed E-state index contributed by atoms with van der Waals surface area (Å²) in [4.78, 5) is 11.3. The van der Waals surface area contributed by atoms with Crippen LogP contribution in [0.4, 0.5) is 0 Å². The molecule has 0 aromatic rings. The number of hydrogen-bond donors (Lipinski definition) is 0. The van der Waals surface area contributed by atoms with Crippen LogP contribution in [-0.2, 0) is 4.79 Å². The van der Waals surface area contributed by atoms with E-state index in [2.05, 4.69) is 6.92 Å². The van der Waals surface area contributed by atoms with Crippen molar-refractivity contribution in [1.29, 1.82) is 0 Å². The highest BCUT2D eigenvalue weighted by molar-refractivity contribution is 5.83. The maximum absolute atomic E-state index is 11.3. The predicted molar refractivity (Wildman–Crippen MR) is 44.2 cm³/mol. The lowest BCUT2D eigenvalue weighted by molar-refractivity contribution is -0.120. The van der Waals surface area contributed by atoms with Gasteiger partial charge in [-0.1, -0.05) is 19.8 Å². The summed E-state index contributed by atoms with van der Waals surface area (Å²) in [6, 6.07) is 0. The minimum Gasteiger partial charge on any atom is -0.299 e. The molecule has 0 saturated heterocycles. The van der Waals surface area contributed by atoms with Crippen molar-refractivity contribution in [2.24, 2.45) is 17.8 Å². The van der Waals surface area contributed by atoms with Gasteiger partial charge in [0.2, 0.25) is 0 Å². The first-order valence-corrected chi connectivity index (χ1v) is 4.82. The van der Waals surface area contributed by atoms with Gasteiger partial charge in [-0.3, -0.25) is 4.79 Å². The highest BCUT2D eigenvalue weighted by Crippen LogP contribution is 2.43. The van der Waals surface area contributed by atoms with E-state index in [1.807, 2.05) is 0 Å². The third-order valence-corrected chi connectivity index (χ3v) is 3.58. The summed E-state index contributed by atoms with van der Waals surface area (Å²) < 4.78 is 0. The average Bonchev–Trinajstić information content (AvgIpc) is 2.30. The number of Topliss-reactive ketones (excluding diaryl/α,β-unsaturated/α-hetero) is 1. The van der Waals surface area contributed by atoms with E-state index < -0.39 is 0 Å². The van der Waals surface area contributed by atoms with Gasteiger partial charge in [0.15, 0.2) is 0 Å². The van der Waals surface area contributed by atoms with Gasteiger partial charge in [0.1, 0.15) is 5.78 Å². The fraction of sp³-hybridized carbons (Fsp3) is 0.900. The van der Waals surface area contributed by atoms with E-state index in [4.69, 9.17) is 0 Å². The average molecular weight is 152 g/mol. The summed E-state index contributed by atoms with van der Waals surface area (Å²) >= 11 is 0. The van der Waals surface area contributed by atoms with Crippen molar-refractivity contribution < 1.29 is 4.79 Å². The van der Waals surface area contributed by atoms with Crippen LogP contribution in [-0.4, -0.2) is 5.78 Å². The lowest BCUT2D eigenvalue weighted by atomic mass is 9.79. The van der Waals surface area contributed by atoms with Gasteiger partial charge in [-0.25, -0.2) is 0 Å². The summed E-state index contributed by atoms with van der Waals surface area (Å²) in [5, 5.41) is 0. The Bertz CT molecular complexity index is 174. The normalized spacial score (nSPS) is 44.1. The zero-order valence-electron chi connectivity index (χ0n) is 7.18. The van der Waals surface area contributed by atoms with E-state index in [-0.39, 0.29) is 0 Å². The molecule has 3 unspecified atom stereocenters. The van der Waals surface area contributed by atoms with Crippen molar-refractivity contribution in [2.45, 2.75) is 39.0 Å². The van der Waals surface area contributed by atoms with Crippen LogP contribution in [0.5, 0.6) is 0 Å². The quantitative estimate of drug-likeness (QED) is 0.521. The van der Waals surface area contributed by atoms with Crippen molar-refractivity contribution in [3.63, 3.8) is 0 Å². The molecule has 3 atom stereocenters. The number of hydrogen-bond acceptors (Lipinski definition) is 1. The minimum atomic E-state index is 0.389. The Morgan fingerprint density at radius 1 is 1.27 bits per heavy atom. The molecular weight excluding hydrogens is 136 g/mol. The molecule has 0 N–H and O–H groups in total. The molecule has 2 rings (SSSR count). The smallest absolute Gasteiger partial charge is 0.136 e. The minimum absolute atomic E-state index is 0.389. The number of rotatable bonds is 0. The summed E-state index contributed by atoms with van der Waals surface area (Å²) in [5.74, 6) is 2.45. The molecular formula is C10H16O. The molecule has 0 aliphatic heterocycles. The molecule has 0 heterocycles. The fourth-order valence-corrected chi connectivity index (χ4v) is 2.83. The predicted octanol–water partition coefficient (Wildman–Crippen LogP) is 2.40. The number of fused-ring (bicyclic) bond motifs is 1. The van der Waals surface area contributed by atoms with Crippen LogP contribution in [0.3, 0.4) is 0 Å². The molecule has 2 fully saturated rings. The lowest BCUT2D eigenvalue weighted by Gasteiger charge is -2.26. The molecule has 1 heteroatoms. The van der Waals surface area contributed by atoms with Gasteiger partial charge in [0, 0.05) is 12.3 Å². The molecule has 11 heavy (non-hydrogen) atoms. The van der Waals surface area contributed by atoms with Crippen LogP contribution in [0.25, 0.3) is 0 Å². The Kier molecular flexibility index (Phi) is 1.74. The second kappa shape index (κ2) is 2.62. The Morgan fingerprint density at radius 3 is 2.73 bits per heavy atom. The standard InChI is InChI=1S/C10H16O/c1-7-9-5-3-2-4-8(9)6-10(7)11/h7-9H,2-6H2,1H3. The molecule has 62 valence electrons. The molecule has 0 amide bonds. The Labute approximate surface area is 68.2 Å². The van der Waals surface area contributed by atoms with Gasteiger partial charge in [-0.05, 0) is 24.7 Å². The van der Waals surface area contributed by atoms with Crippen LogP contribution in [0.15, 0.2) is 0 Å². The van der Waals surface area contributed by atoms with Gasteiger partial charge in [0.05, 0.1) is 0 Å². The monoisotopic (exact) mass is 152 g/mol. The Morgan fingerprint density at radius 2 is 2.00 bits per heavy atom. The summed E-state index contributed by atoms with van der Waals surface area (Å²) in [5.41, 5.74) is 0. The van der Waals surface area contributed by atoms with Crippen molar-refractivity contribution in [2.75, 3.05) is 0 Å². The molecule has 0 spiro atoms. The summed E-state index contributed by atoms with van der Waals surface area (Å²) in [7, 11) is 0. The van der Waals surface area contributed by atoms with Gasteiger partial charge in [-0.2, -0.15) is 0 Å². The van der Waals surface area contributed by atoms with E-state index >= 15 is 0 Å². The zero-order valence-corrected chi connectivity index (χ0v) is 7.18. The van der Waals surface area contributed by atoms with E-state index in [1.165, 1.54) is 25.7 Å². The molecule has 2 saturated carbocycles. The lowest BCUT2D eigenvalue weighted by Crippen LogP contribution is -2.18. The highest BCUT2D eigenvalue weighted by atomic mass is 16.1. The molecule has 2 aliphatic rings. The number of carbonyl (C=O) groups excluding carboxylic acids is 1. The maximum Gasteiger partial charge on any atom is 0.136 e. The van der Waals surface area contributed by atoms with Crippen LogP contribution in [0.1, 0.15) is 39.0 Å². The van der Waals surface area contributed by atoms with E-state index in [0.717, 1.165) is 18.3 Å². The maximum atomic E-state index is 11.3. The van der Waals surface area contributed by atoms with Crippen molar-refractivity contribution in [1.82, 2.24) is 0 Å². The number of ketones is 1. The molecule has 0 radical (unpaired) electrons. The largest absolute Gasteiger partial charge is 0.299 e. The second-order valence-electron chi connectivity index (χ2n) is 4.17. The van der Waals surface area contributed by atoms with Gasteiger partial charge in [0.25, 0.3) is 0 Å². The third-order valence-electron chi connectivity index (χ3n) is 3.58. The fourth-order valence-electron chi connectivity index (χ4n) is 2.83. The van der Waals surface area contributed by atoms with Gasteiger partial charge in [-0.15, -0.1) is 0 Å². The van der Waals surface area contributed by atoms with Crippen molar-refractivity contribution in [3.8, 4) is 0 Å². The molecule has 2 aliphatic carbocycles. The van der Waals surface area contributed by atoms with Gasteiger partial charge < -0.3 is 0 Å². The van der Waals surface area contributed by atoms with Crippen molar-refractivity contribution in [3.05, 3.63) is 0 Å². The van der Waals surface area contributed by atoms with Crippen LogP contribution in [0, 0.1) is 17.8 Å². The Balaban J connectivity index is 2.11. The second-order valence-corrected chi connectivity index (χ2v) is 4.17. The van der Waals surface area contributed by atoms with Crippen LogP contribution < -0.4 is 0 Å². The van der Waals surface area contributed by atoms with E-state index in [9.17, 15) is 4.79 Å². The third kappa shape index (κ3) is 1.11. The molecule has 1 nitrogen and oxygen atoms in total. The van der Waals surface area contributed by atoms with Gasteiger partial charge >= 0.3 is 0 Å². The first-order chi connectivity index (χ1) is 5.29. The molecule has 0 aromatic carbocycles. The first kappa shape index (κ1) is 7.33. The topological polar surface area (TPSA) is 17.1 Å². The van der Waals surface area contributed by atoms with Crippen LogP contribution >= 0.6 is 0 Å². The summed E-state index contributed by atoms with van der Waals surface area (Å²) in [6.07, 6.45) is 6.25. The molecule has 0 bridgehead atoms. The summed E-state index contributed by atoms with van der Waals surface area (Å²) in [6.45, 7) is 2.12. The zero-order chi connectivity index (χ0) is 7.84. The van der Waals surface area contributed by atoms with E-state index in [1.54, 1.807) is 0 Å². The SMILES string of the molecule is CC1C(=O)CC2CCCCC21. The van der Waals surface area contributed by atoms with Crippen molar-refractivity contribution >= 4 is 5.78 Å². The Hall–Kier alpha value is -0.330. The number of carbonyl (C=O) groups is 1. The molecule has 0 aromatic heterocycles. The first-order valence-electron chi connectivity index (χ1n) is 4.82.